The third-order valence-electron chi connectivity index (χ3n) is 4.29. The van der Waals surface area contributed by atoms with Crippen LogP contribution in [0.15, 0.2) is 18.2 Å². The highest BCUT2D eigenvalue weighted by molar-refractivity contribution is 7.91. The number of nitrogens with two attached hydrogens (primary N) is 1. The molecule has 21 heavy (non-hydrogen) atoms. The molecule has 0 radical (unpaired) electrons. The van der Waals surface area contributed by atoms with Gasteiger partial charge in [-0.15, -0.1) is 0 Å². The van der Waals surface area contributed by atoms with Crippen LogP contribution in [0.25, 0.3) is 11.0 Å². The standard InChI is InChI=1S/C15H21N3O2S/c1-10-3-2-4-12(7-10)21(19,20)9-15-17-13-6-5-11(16)8-14(13)18-15/h5-6,8,10,12H,2-4,7,9,16H2,1H3,(H,17,18). The van der Waals surface area contributed by atoms with E-state index in [1.54, 1.807) is 18.2 Å². The summed E-state index contributed by atoms with van der Waals surface area (Å²) in [5.41, 5.74) is 7.91. The van der Waals surface area contributed by atoms with Crippen molar-refractivity contribution >= 4 is 26.6 Å². The van der Waals surface area contributed by atoms with Gasteiger partial charge in [0.1, 0.15) is 11.6 Å². The fourth-order valence-corrected chi connectivity index (χ4v) is 5.06. The number of H-pyrrole nitrogens is 1. The fraction of sp³-hybridized carbons (Fsp3) is 0.533. The highest BCUT2D eigenvalue weighted by atomic mass is 32.2. The van der Waals surface area contributed by atoms with Crippen molar-refractivity contribution in [2.75, 3.05) is 5.73 Å². The predicted molar refractivity (Wildman–Crippen MR) is 84.5 cm³/mol. The molecule has 3 N–H and O–H groups in total. The molecule has 0 amide bonds. The second-order valence-corrected chi connectivity index (χ2v) is 8.44. The van der Waals surface area contributed by atoms with Gasteiger partial charge in [-0.05, 0) is 37.0 Å². The maximum absolute atomic E-state index is 12.6. The number of rotatable bonds is 3. The van der Waals surface area contributed by atoms with Crippen molar-refractivity contribution in [2.24, 2.45) is 5.92 Å². The second-order valence-electron chi connectivity index (χ2n) is 6.16. The molecule has 0 saturated heterocycles. The first-order valence-electron chi connectivity index (χ1n) is 7.40. The number of imidazole rings is 1. The summed E-state index contributed by atoms with van der Waals surface area (Å²) >= 11 is 0. The summed E-state index contributed by atoms with van der Waals surface area (Å²) in [5, 5.41) is -0.223. The highest BCUT2D eigenvalue weighted by Crippen LogP contribution is 2.30. The third kappa shape index (κ3) is 3.05. The van der Waals surface area contributed by atoms with Gasteiger partial charge < -0.3 is 10.7 Å². The molecule has 2 aromatic rings. The predicted octanol–water partition coefficient (Wildman–Crippen LogP) is 2.64. The Morgan fingerprint density at radius 2 is 2.19 bits per heavy atom. The SMILES string of the molecule is CC1CCCC(S(=O)(=O)Cc2nc3ccc(N)cc3[nH]2)C1. The molecule has 1 heterocycles. The summed E-state index contributed by atoms with van der Waals surface area (Å²) < 4.78 is 25.1. The smallest absolute Gasteiger partial charge is 0.160 e. The Bertz CT molecular complexity index is 751. The van der Waals surface area contributed by atoms with Crippen LogP contribution in [0, 0.1) is 5.92 Å². The summed E-state index contributed by atoms with van der Waals surface area (Å²) in [5.74, 6) is 0.988. The zero-order chi connectivity index (χ0) is 15.0. The van der Waals surface area contributed by atoms with E-state index in [-0.39, 0.29) is 11.0 Å². The summed E-state index contributed by atoms with van der Waals surface area (Å²) in [6.07, 6.45) is 3.69. The first-order valence-corrected chi connectivity index (χ1v) is 9.11. The maximum Gasteiger partial charge on any atom is 0.160 e. The van der Waals surface area contributed by atoms with Gasteiger partial charge in [0.15, 0.2) is 9.84 Å². The van der Waals surface area contributed by atoms with E-state index in [1.807, 2.05) is 0 Å². The van der Waals surface area contributed by atoms with E-state index in [4.69, 9.17) is 5.73 Å². The van der Waals surface area contributed by atoms with E-state index >= 15 is 0 Å². The molecule has 1 aromatic heterocycles. The fourth-order valence-electron chi connectivity index (χ4n) is 3.16. The van der Waals surface area contributed by atoms with Crippen molar-refractivity contribution in [1.82, 2.24) is 9.97 Å². The van der Waals surface area contributed by atoms with Crippen molar-refractivity contribution in [3.63, 3.8) is 0 Å². The largest absolute Gasteiger partial charge is 0.399 e. The van der Waals surface area contributed by atoms with Crippen LogP contribution in [0.2, 0.25) is 0 Å². The minimum Gasteiger partial charge on any atom is -0.399 e. The van der Waals surface area contributed by atoms with Gasteiger partial charge in [0.05, 0.1) is 16.3 Å². The number of aromatic nitrogens is 2. The van der Waals surface area contributed by atoms with Crippen LogP contribution in [-0.4, -0.2) is 23.6 Å². The molecule has 1 saturated carbocycles. The van der Waals surface area contributed by atoms with Crippen molar-refractivity contribution in [3.05, 3.63) is 24.0 Å². The first kappa shape index (κ1) is 14.4. The normalized spacial score (nSPS) is 23.5. The van der Waals surface area contributed by atoms with Gasteiger partial charge in [0, 0.05) is 5.69 Å². The van der Waals surface area contributed by atoms with Crippen molar-refractivity contribution in [1.29, 1.82) is 0 Å². The van der Waals surface area contributed by atoms with Crippen LogP contribution < -0.4 is 5.73 Å². The van der Waals surface area contributed by atoms with Gasteiger partial charge in [-0.25, -0.2) is 13.4 Å². The molecule has 0 spiro atoms. The molecule has 3 rings (SSSR count). The Labute approximate surface area is 124 Å². The molecule has 0 bridgehead atoms. The average molecular weight is 307 g/mol. The van der Waals surface area contributed by atoms with Crippen LogP contribution in [0.5, 0.6) is 0 Å². The van der Waals surface area contributed by atoms with Gasteiger partial charge in [-0.2, -0.15) is 0 Å². The summed E-state index contributed by atoms with van der Waals surface area (Å²) in [6, 6.07) is 5.35. The number of nitrogens with zero attached hydrogens (tertiary/aromatic N) is 1. The van der Waals surface area contributed by atoms with Crippen molar-refractivity contribution in [2.45, 2.75) is 43.6 Å². The molecule has 1 aromatic carbocycles. The Morgan fingerprint density at radius 1 is 1.38 bits per heavy atom. The molecule has 114 valence electrons. The van der Waals surface area contributed by atoms with Crippen molar-refractivity contribution < 1.29 is 8.42 Å². The number of aromatic amines is 1. The van der Waals surface area contributed by atoms with Gasteiger partial charge in [0.25, 0.3) is 0 Å². The zero-order valence-electron chi connectivity index (χ0n) is 12.2. The summed E-state index contributed by atoms with van der Waals surface area (Å²) in [7, 11) is -3.15. The molecule has 1 aliphatic rings. The lowest BCUT2D eigenvalue weighted by Gasteiger charge is -2.26. The zero-order valence-corrected chi connectivity index (χ0v) is 13.0. The Hall–Kier alpha value is -1.56. The van der Waals surface area contributed by atoms with E-state index in [9.17, 15) is 8.42 Å². The number of hydrogen-bond acceptors (Lipinski definition) is 4. The van der Waals surface area contributed by atoms with E-state index in [1.165, 1.54) is 0 Å². The van der Waals surface area contributed by atoms with Crippen LogP contribution in [0.1, 0.15) is 38.4 Å². The van der Waals surface area contributed by atoms with Crippen LogP contribution in [0.3, 0.4) is 0 Å². The van der Waals surface area contributed by atoms with Gasteiger partial charge >= 0.3 is 0 Å². The number of fused-ring (bicyclic) bond motifs is 1. The lowest BCUT2D eigenvalue weighted by molar-refractivity contribution is 0.381. The Morgan fingerprint density at radius 3 is 2.95 bits per heavy atom. The van der Waals surface area contributed by atoms with Crippen LogP contribution in [0.4, 0.5) is 5.69 Å². The minimum atomic E-state index is -3.15. The monoisotopic (exact) mass is 307 g/mol. The molecule has 6 heteroatoms. The van der Waals surface area contributed by atoms with Crippen molar-refractivity contribution in [3.8, 4) is 0 Å². The second kappa shape index (κ2) is 5.33. The minimum absolute atomic E-state index is 0.0149. The van der Waals surface area contributed by atoms with Gasteiger partial charge in [-0.3, -0.25) is 0 Å². The average Bonchev–Trinajstić information content (AvgIpc) is 2.79. The van der Waals surface area contributed by atoms with E-state index in [2.05, 4.69) is 16.9 Å². The van der Waals surface area contributed by atoms with Gasteiger partial charge in [-0.1, -0.05) is 19.8 Å². The Balaban J connectivity index is 1.83. The van der Waals surface area contributed by atoms with E-state index in [0.29, 0.717) is 17.4 Å². The number of benzene rings is 1. The maximum atomic E-state index is 12.6. The Kier molecular flexibility index (Phi) is 3.65. The summed E-state index contributed by atoms with van der Waals surface area (Å²) in [6.45, 7) is 2.13. The molecule has 1 fully saturated rings. The lowest BCUT2D eigenvalue weighted by Crippen LogP contribution is -2.28. The number of hydrogen-bond donors (Lipinski definition) is 2. The van der Waals surface area contributed by atoms with Crippen LogP contribution in [-0.2, 0) is 15.6 Å². The molecular formula is C15H21N3O2S. The number of sulfone groups is 1. The topological polar surface area (TPSA) is 88.8 Å². The van der Waals surface area contributed by atoms with E-state index in [0.717, 1.165) is 36.7 Å². The molecule has 0 aliphatic heterocycles. The third-order valence-corrected chi connectivity index (χ3v) is 6.41. The quantitative estimate of drug-likeness (QED) is 0.853. The highest BCUT2D eigenvalue weighted by Gasteiger charge is 2.30. The summed E-state index contributed by atoms with van der Waals surface area (Å²) in [4.78, 5) is 7.44. The number of nitrogens with one attached hydrogen (secondary N) is 1. The number of nitrogen functional groups attached to an aromatic ring is 1. The van der Waals surface area contributed by atoms with E-state index < -0.39 is 9.84 Å². The molecule has 2 atom stereocenters. The number of anilines is 1. The molecule has 1 aliphatic carbocycles. The van der Waals surface area contributed by atoms with Gasteiger partial charge in [0.2, 0.25) is 0 Å². The molecular weight excluding hydrogens is 286 g/mol. The first-order chi connectivity index (χ1) is 9.94. The lowest BCUT2D eigenvalue weighted by atomic mass is 9.91. The van der Waals surface area contributed by atoms with Crippen LogP contribution >= 0.6 is 0 Å². The molecule has 5 nitrogen and oxygen atoms in total. The molecule has 2 unspecified atom stereocenters.